The Morgan fingerprint density at radius 3 is 2.67 bits per heavy atom. The standard InChI is InChI=1S/C22H23N3O4S/c26-22(15-19-18-7-1-2-8-21(18)29-23-19)25-13-5-6-16-14-17(9-10-20(16)25)30(27,28)24-11-3-4-12-24/h1-2,7-10,14H,3-6,11-13,15H2. The molecule has 0 bridgehead atoms. The van der Waals surface area contributed by atoms with E-state index < -0.39 is 10.0 Å². The summed E-state index contributed by atoms with van der Waals surface area (Å²) >= 11 is 0. The molecule has 0 atom stereocenters. The second kappa shape index (κ2) is 7.52. The number of hydrogen-bond donors (Lipinski definition) is 0. The maximum Gasteiger partial charge on any atom is 0.243 e. The van der Waals surface area contributed by atoms with Crippen molar-refractivity contribution in [3.8, 4) is 0 Å². The van der Waals surface area contributed by atoms with Crippen LogP contribution in [0, 0.1) is 0 Å². The highest BCUT2D eigenvalue weighted by atomic mass is 32.2. The summed E-state index contributed by atoms with van der Waals surface area (Å²) in [6, 6.07) is 12.6. The minimum atomic E-state index is -3.47. The van der Waals surface area contributed by atoms with Gasteiger partial charge in [-0.05, 0) is 61.6 Å². The number of amides is 1. The van der Waals surface area contributed by atoms with E-state index in [-0.39, 0.29) is 12.3 Å². The molecule has 2 aliphatic rings. The van der Waals surface area contributed by atoms with Gasteiger partial charge in [0.2, 0.25) is 15.9 Å². The molecule has 1 aromatic heterocycles. The Labute approximate surface area is 175 Å². The van der Waals surface area contributed by atoms with Crippen molar-refractivity contribution in [2.45, 2.75) is 37.0 Å². The van der Waals surface area contributed by atoms with Crippen LogP contribution in [0.15, 0.2) is 51.9 Å². The van der Waals surface area contributed by atoms with E-state index in [1.165, 1.54) is 0 Å². The van der Waals surface area contributed by atoms with E-state index in [1.54, 1.807) is 27.4 Å². The van der Waals surface area contributed by atoms with Crippen LogP contribution < -0.4 is 4.90 Å². The Kier molecular flexibility index (Phi) is 4.83. The van der Waals surface area contributed by atoms with Gasteiger partial charge >= 0.3 is 0 Å². The van der Waals surface area contributed by atoms with Gasteiger partial charge in [0.25, 0.3) is 0 Å². The summed E-state index contributed by atoms with van der Waals surface area (Å²) in [6.45, 7) is 1.77. The molecule has 3 aromatic rings. The predicted molar refractivity (Wildman–Crippen MR) is 113 cm³/mol. The zero-order valence-corrected chi connectivity index (χ0v) is 17.4. The maximum atomic E-state index is 13.1. The summed E-state index contributed by atoms with van der Waals surface area (Å²) in [5, 5.41) is 4.91. The maximum absolute atomic E-state index is 13.1. The molecule has 0 radical (unpaired) electrons. The number of anilines is 1. The molecule has 1 amide bonds. The van der Waals surface area contributed by atoms with E-state index in [0.717, 1.165) is 42.3 Å². The average molecular weight is 426 g/mol. The number of nitrogens with zero attached hydrogens (tertiary/aromatic N) is 3. The molecule has 156 valence electrons. The molecule has 1 saturated heterocycles. The molecule has 2 aliphatic heterocycles. The number of fused-ring (bicyclic) bond motifs is 2. The molecule has 2 aromatic carbocycles. The first-order valence-electron chi connectivity index (χ1n) is 10.3. The quantitative estimate of drug-likeness (QED) is 0.641. The molecular weight excluding hydrogens is 402 g/mol. The smallest absolute Gasteiger partial charge is 0.243 e. The number of benzene rings is 2. The summed E-state index contributed by atoms with van der Waals surface area (Å²) in [4.78, 5) is 15.1. The fraction of sp³-hybridized carbons (Fsp3) is 0.364. The highest BCUT2D eigenvalue weighted by Gasteiger charge is 2.30. The molecule has 0 aliphatic carbocycles. The third kappa shape index (κ3) is 3.30. The van der Waals surface area contributed by atoms with Gasteiger partial charge in [-0.2, -0.15) is 4.31 Å². The fourth-order valence-electron chi connectivity index (χ4n) is 4.37. The zero-order valence-electron chi connectivity index (χ0n) is 16.6. The predicted octanol–water partition coefficient (Wildman–Crippen LogP) is 3.13. The minimum absolute atomic E-state index is 0.0647. The summed E-state index contributed by atoms with van der Waals surface area (Å²) in [6.07, 6.45) is 3.51. The minimum Gasteiger partial charge on any atom is -0.356 e. The lowest BCUT2D eigenvalue weighted by Gasteiger charge is -2.30. The second-order valence-electron chi connectivity index (χ2n) is 7.85. The molecule has 0 spiro atoms. The number of rotatable bonds is 4. The van der Waals surface area contributed by atoms with Gasteiger partial charge in [0.05, 0.1) is 11.3 Å². The average Bonchev–Trinajstić information content (AvgIpc) is 3.44. The lowest BCUT2D eigenvalue weighted by molar-refractivity contribution is -0.118. The molecule has 3 heterocycles. The van der Waals surface area contributed by atoms with Gasteiger partial charge in [-0.1, -0.05) is 17.3 Å². The van der Waals surface area contributed by atoms with E-state index in [9.17, 15) is 13.2 Å². The Bertz CT molecular complexity index is 1210. The summed E-state index contributed by atoms with van der Waals surface area (Å²) in [5.74, 6) is -0.0647. The molecule has 0 unspecified atom stereocenters. The molecule has 1 fully saturated rings. The lowest BCUT2D eigenvalue weighted by atomic mass is 10.0. The topological polar surface area (TPSA) is 83.7 Å². The summed E-state index contributed by atoms with van der Waals surface area (Å²) in [5.41, 5.74) is 2.98. The second-order valence-corrected chi connectivity index (χ2v) is 9.79. The van der Waals surface area contributed by atoms with Gasteiger partial charge in [0.1, 0.15) is 5.69 Å². The normalized spacial score (nSPS) is 17.4. The van der Waals surface area contributed by atoms with Crippen LogP contribution in [0.2, 0.25) is 0 Å². The first-order chi connectivity index (χ1) is 14.5. The number of carbonyl (C=O) groups excluding carboxylic acids is 1. The Hall–Kier alpha value is -2.71. The molecule has 0 N–H and O–H groups in total. The van der Waals surface area contributed by atoms with Crippen molar-refractivity contribution >= 4 is 32.6 Å². The van der Waals surface area contributed by atoms with Crippen molar-refractivity contribution in [3.63, 3.8) is 0 Å². The number of para-hydroxylation sites is 1. The van der Waals surface area contributed by atoms with Crippen LogP contribution in [-0.2, 0) is 27.7 Å². The molecule has 7 nitrogen and oxygen atoms in total. The number of hydrogen-bond acceptors (Lipinski definition) is 5. The van der Waals surface area contributed by atoms with Gasteiger partial charge in [-0.25, -0.2) is 8.42 Å². The van der Waals surface area contributed by atoms with Crippen molar-refractivity contribution in [3.05, 3.63) is 53.7 Å². The van der Waals surface area contributed by atoms with Crippen molar-refractivity contribution < 1.29 is 17.7 Å². The Balaban J connectivity index is 1.42. The van der Waals surface area contributed by atoms with Gasteiger partial charge in [0, 0.05) is 30.7 Å². The van der Waals surface area contributed by atoms with Crippen LogP contribution >= 0.6 is 0 Å². The monoisotopic (exact) mass is 425 g/mol. The van der Waals surface area contributed by atoms with E-state index in [1.807, 2.05) is 24.3 Å². The van der Waals surface area contributed by atoms with E-state index in [4.69, 9.17) is 4.52 Å². The van der Waals surface area contributed by atoms with Crippen LogP contribution in [0.1, 0.15) is 30.5 Å². The van der Waals surface area contributed by atoms with Crippen molar-refractivity contribution in [2.75, 3.05) is 24.5 Å². The van der Waals surface area contributed by atoms with Crippen LogP contribution in [-0.4, -0.2) is 43.4 Å². The molecular formula is C22H23N3O4S. The zero-order chi connectivity index (χ0) is 20.7. The van der Waals surface area contributed by atoms with E-state index in [0.29, 0.717) is 35.8 Å². The highest BCUT2D eigenvalue weighted by Crippen LogP contribution is 2.32. The SMILES string of the molecule is O=C(Cc1noc2ccccc12)N1CCCc2cc(S(=O)(=O)N3CCCC3)ccc21. The Morgan fingerprint density at radius 2 is 1.83 bits per heavy atom. The van der Waals surface area contributed by atoms with Crippen molar-refractivity contribution in [2.24, 2.45) is 0 Å². The largest absolute Gasteiger partial charge is 0.356 e. The van der Waals surface area contributed by atoms with E-state index in [2.05, 4.69) is 5.16 Å². The number of aromatic nitrogens is 1. The van der Waals surface area contributed by atoms with Crippen LogP contribution in [0.3, 0.4) is 0 Å². The van der Waals surface area contributed by atoms with Gasteiger partial charge in [-0.15, -0.1) is 0 Å². The van der Waals surface area contributed by atoms with Gasteiger partial charge < -0.3 is 9.42 Å². The number of sulfonamides is 1. The summed E-state index contributed by atoms with van der Waals surface area (Å²) in [7, 11) is -3.47. The lowest BCUT2D eigenvalue weighted by Crippen LogP contribution is -2.37. The number of aryl methyl sites for hydroxylation is 1. The molecule has 30 heavy (non-hydrogen) atoms. The fourth-order valence-corrected chi connectivity index (χ4v) is 5.94. The van der Waals surface area contributed by atoms with Crippen LogP contribution in [0.25, 0.3) is 11.0 Å². The van der Waals surface area contributed by atoms with E-state index >= 15 is 0 Å². The van der Waals surface area contributed by atoms with Crippen molar-refractivity contribution in [1.82, 2.24) is 9.46 Å². The number of carbonyl (C=O) groups is 1. The molecule has 0 saturated carbocycles. The van der Waals surface area contributed by atoms with Crippen molar-refractivity contribution in [1.29, 1.82) is 0 Å². The summed E-state index contributed by atoms with van der Waals surface area (Å²) < 4.78 is 32.7. The Morgan fingerprint density at radius 1 is 1.03 bits per heavy atom. The van der Waals surface area contributed by atoms with Gasteiger partial charge in [0.15, 0.2) is 5.58 Å². The third-order valence-electron chi connectivity index (χ3n) is 5.94. The first-order valence-corrected chi connectivity index (χ1v) is 11.7. The van der Waals surface area contributed by atoms with Crippen LogP contribution in [0.5, 0.6) is 0 Å². The third-order valence-corrected chi connectivity index (χ3v) is 7.84. The van der Waals surface area contributed by atoms with Gasteiger partial charge in [-0.3, -0.25) is 4.79 Å². The first kappa shape index (κ1) is 19.3. The van der Waals surface area contributed by atoms with Crippen LogP contribution in [0.4, 0.5) is 5.69 Å². The molecule has 5 rings (SSSR count). The highest BCUT2D eigenvalue weighted by molar-refractivity contribution is 7.89. The molecule has 8 heteroatoms.